The number of aromatic nitrogens is 1. The van der Waals surface area contributed by atoms with Crippen molar-refractivity contribution in [2.24, 2.45) is 10.9 Å². The van der Waals surface area contributed by atoms with Gasteiger partial charge in [-0.05, 0) is 42.7 Å². The van der Waals surface area contributed by atoms with Crippen LogP contribution in [-0.2, 0) is 17.8 Å². The summed E-state index contributed by atoms with van der Waals surface area (Å²) in [6.07, 6.45) is 8.24. The van der Waals surface area contributed by atoms with Gasteiger partial charge in [-0.25, -0.2) is 0 Å². The maximum Gasteiger partial charge on any atom is 0.227 e. The van der Waals surface area contributed by atoms with E-state index in [9.17, 15) is 4.79 Å². The topological polar surface area (TPSA) is 78.4 Å². The molecule has 29 heavy (non-hydrogen) atoms. The Morgan fingerprint density at radius 2 is 1.97 bits per heavy atom. The van der Waals surface area contributed by atoms with Gasteiger partial charge in [0.2, 0.25) is 5.91 Å². The highest BCUT2D eigenvalue weighted by molar-refractivity contribution is 5.92. The predicted molar refractivity (Wildman–Crippen MR) is 118 cm³/mol. The molecule has 0 unspecified atom stereocenters. The van der Waals surface area contributed by atoms with E-state index >= 15 is 0 Å². The summed E-state index contributed by atoms with van der Waals surface area (Å²) in [6.45, 7) is 1.39. The molecule has 3 rings (SSSR count). The number of carbonyl (C=O) groups is 1. The molecular formula is C23H31N5O. The average molecular weight is 394 g/mol. The highest BCUT2D eigenvalue weighted by Gasteiger charge is 2.20. The number of hydrogen-bond acceptors (Lipinski definition) is 3. The van der Waals surface area contributed by atoms with Gasteiger partial charge in [-0.3, -0.25) is 14.8 Å². The third-order valence-electron chi connectivity index (χ3n) is 5.25. The first-order valence-electron chi connectivity index (χ1n) is 10.5. The van der Waals surface area contributed by atoms with Crippen LogP contribution in [0.2, 0.25) is 0 Å². The predicted octanol–water partition coefficient (Wildman–Crippen LogP) is 3.51. The monoisotopic (exact) mass is 393 g/mol. The van der Waals surface area contributed by atoms with Crippen molar-refractivity contribution in [1.82, 2.24) is 15.6 Å². The van der Waals surface area contributed by atoms with Crippen LogP contribution in [0.5, 0.6) is 0 Å². The van der Waals surface area contributed by atoms with Crippen LogP contribution in [0.3, 0.4) is 0 Å². The van der Waals surface area contributed by atoms with E-state index in [-0.39, 0.29) is 11.8 Å². The molecule has 0 aliphatic heterocycles. The summed E-state index contributed by atoms with van der Waals surface area (Å²) in [5.74, 6) is 1.06. The molecule has 6 nitrogen and oxygen atoms in total. The van der Waals surface area contributed by atoms with Crippen LogP contribution in [0, 0.1) is 5.92 Å². The number of pyridine rings is 1. The molecule has 1 aromatic heterocycles. The van der Waals surface area contributed by atoms with Gasteiger partial charge in [0.1, 0.15) is 0 Å². The summed E-state index contributed by atoms with van der Waals surface area (Å²) in [5.41, 5.74) is 3.01. The van der Waals surface area contributed by atoms with E-state index in [0.29, 0.717) is 6.54 Å². The second-order valence-electron chi connectivity index (χ2n) is 7.45. The van der Waals surface area contributed by atoms with Crippen molar-refractivity contribution in [3.63, 3.8) is 0 Å². The Bertz CT molecular complexity index is 800. The minimum Gasteiger partial charge on any atom is -0.356 e. The summed E-state index contributed by atoms with van der Waals surface area (Å²) in [5, 5.41) is 9.72. The maximum atomic E-state index is 12.5. The molecule has 1 heterocycles. The first kappa shape index (κ1) is 20.8. The molecule has 3 N–H and O–H groups in total. The van der Waals surface area contributed by atoms with E-state index in [1.807, 2.05) is 48.7 Å². The molecule has 0 bridgehead atoms. The third kappa shape index (κ3) is 6.89. The molecule has 0 atom stereocenters. The fourth-order valence-electron chi connectivity index (χ4n) is 3.63. The van der Waals surface area contributed by atoms with Crippen LogP contribution >= 0.6 is 0 Å². The summed E-state index contributed by atoms with van der Waals surface area (Å²) in [6, 6.07) is 13.9. The van der Waals surface area contributed by atoms with E-state index in [4.69, 9.17) is 0 Å². The van der Waals surface area contributed by atoms with Crippen LogP contribution < -0.4 is 16.0 Å². The fraction of sp³-hybridized carbons (Fsp3) is 0.435. The zero-order valence-electron chi connectivity index (χ0n) is 17.2. The molecule has 1 aromatic carbocycles. The minimum atomic E-state index is 0.154. The fourth-order valence-corrected chi connectivity index (χ4v) is 3.63. The average Bonchev–Trinajstić information content (AvgIpc) is 2.77. The van der Waals surface area contributed by atoms with Crippen molar-refractivity contribution in [3.8, 4) is 0 Å². The number of nitrogens with one attached hydrogen (secondary N) is 3. The van der Waals surface area contributed by atoms with E-state index < -0.39 is 0 Å². The quantitative estimate of drug-likeness (QED) is 0.497. The van der Waals surface area contributed by atoms with Crippen molar-refractivity contribution in [2.75, 3.05) is 18.9 Å². The van der Waals surface area contributed by atoms with Crippen LogP contribution in [-0.4, -0.2) is 30.4 Å². The van der Waals surface area contributed by atoms with Gasteiger partial charge < -0.3 is 16.0 Å². The van der Waals surface area contributed by atoms with Crippen molar-refractivity contribution >= 4 is 17.6 Å². The first-order valence-corrected chi connectivity index (χ1v) is 10.5. The van der Waals surface area contributed by atoms with Crippen molar-refractivity contribution in [1.29, 1.82) is 0 Å². The number of hydrogen-bond donors (Lipinski definition) is 3. The van der Waals surface area contributed by atoms with E-state index in [1.54, 1.807) is 7.05 Å². The van der Waals surface area contributed by atoms with Gasteiger partial charge in [-0.1, -0.05) is 37.5 Å². The Labute approximate surface area is 173 Å². The molecule has 0 saturated heterocycles. The van der Waals surface area contributed by atoms with Crippen molar-refractivity contribution in [3.05, 3.63) is 59.9 Å². The Morgan fingerprint density at radius 3 is 2.72 bits per heavy atom. The smallest absolute Gasteiger partial charge is 0.227 e. The molecule has 1 fully saturated rings. The highest BCUT2D eigenvalue weighted by Crippen LogP contribution is 2.25. The molecule has 1 saturated carbocycles. The van der Waals surface area contributed by atoms with Crippen LogP contribution in [0.25, 0.3) is 0 Å². The van der Waals surface area contributed by atoms with Gasteiger partial charge in [-0.15, -0.1) is 0 Å². The number of guanidine groups is 1. The molecule has 1 amide bonds. The van der Waals surface area contributed by atoms with E-state index in [1.165, 1.54) is 6.42 Å². The standard InChI is InChI=1S/C23H31N5O/c1-24-23(26-15-13-20-11-5-6-14-25-20)27-17-18-8-7-12-21(16-18)28-22(29)19-9-3-2-4-10-19/h5-8,11-12,14,16,19H,2-4,9-10,13,15,17H2,1H3,(H,28,29)(H2,24,26,27). The van der Waals surface area contributed by atoms with Gasteiger partial charge in [0.15, 0.2) is 5.96 Å². The molecule has 1 aliphatic carbocycles. The number of aliphatic imine (C=N–C) groups is 1. The van der Waals surface area contributed by atoms with Crippen LogP contribution in [0.1, 0.15) is 43.4 Å². The normalized spacial score (nSPS) is 15.0. The Hall–Kier alpha value is -2.89. The summed E-state index contributed by atoms with van der Waals surface area (Å²) in [7, 11) is 1.76. The van der Waals surface area contributed by atoms with Gasteiger partial charge in [0.25, 0.3) is 0 Å². The largest absolute Gasteiger partial charge is 0.356 e. The summed E-state index contributed by atoms with van der Waals surface area (Å²) in [4.78, 5) is 21.1. The molecule has 2 aromatic rings. The van der Waals surface area contributed by atoms with Crippen LogP contribution in [0.15, 0.2) is 53.7 Å². The molecule has 0 radical (unpaired) electrons. The second-order valence-corrected chi connectivity index (χ2v) is 7.45. The zero-order valence-corrected chi connectivity index (χ0v) is 17.2. The first-order chi connectivity index (χ1) is 14.2. The lowest BCUT2D eigenvalue weighted by atomic mass is 9.88. The lowest BCUT2D eigenvalue weighted by Gasteiger charge is -2.21. The zero-order chi connectivity index (χ0) is 20.3. The summed E-state index contributed by atoms with van der Waals surface area (Å²) >= 11 is 0. The maximum absolute atomic E-state index is 12.5. The Morgan fingerprint density at radius 1 is 1.10 bits per heavy atom. The van der Waals surface area contributed by atoms with E-state index in [0.717, 1.165) is 61.6 Å². The highest BCUT2D eigenvalue weighted by atomic mass is 16.1. The number of benzene rings is 1. The van der Waals surface area contributed by atoms with Gasteiger partial charge in [0.05, 0.1) is 0 Å². The lowest BCUT2D eigenvalue weighted by molar-refractivity contribution is -0.120. The molecule has 0 spiro atoms. The molecule has 6 heteroatoms. The number of carbonyl (C=O) groups excluding carboxylic acids is 1. The molecular weight excluding hydrogens is 362 g/mol. The Balaban J connectivity index is 1.45. The SMILES string of the molecule is CN=C(NCCc1ccccn1)NCc1cccc(NC(=O)C2CCCCC2)c1. The van der Waals surface area contributed by atoms with Gasteiger partial charge in [0, 0.05) is 50.1 Å². The Kier molecular flexibility index (Phi) is 8.04. The van der Waals surface area contributed by atoms with Crippen molar-refractivity contribution < 1.29 is 4.79 Å². The summed E-state index contributed by atoms with van der Waals surface area (Å²) < 4.78 is 0. The lowest BCUT2D eigenvalue weighted by Crippen LogP contribution is -2.37. The number of rotatable bonds is 7. The molecule has 1 aliphatic rings. The second kappa shape index (κ2) is 11.2. The van der Waals surface area contributed by atoms with Gasteiger partial charge in [-0.2, -0.15) is 0 Å². The van der Waals surface area contributed by atoms with Crippen molar-refractivity contribution in [2.45, 2.75) is 45.1 Å². The number of nitrogens with zero attached hydrogens (tertiary/aromatic N) is 2. The van der Waals surface area contributed by atoms with E-state index in [2.05, 4.69) is 25.9 Å². The van der Waals surface area contributed by atoms with Gasteiger partial charge >= 0.3 is 0 Å². The third-order valence-corrected chi connectivity index (χ3v) is 5.25. The number of anilines is 1. The number of amides is 1. The van der Waals surface area contributed by atoms with Crippen LogP contribution in [0.4, 0.5) is 5.69 Å². The minimum absolute atomic E-state index is 0.154. The molecule has 154 valence electrons.